The monoisotopic (exact) mass is 277 g/mol. The van der Waals surface area contributed by atoms with E-state index in [4.69, 9.17) is 4.74 Å². The molecule has 0 unspecified atom stereocenters. The maximum atomic E-state index is 11.6. The van der Waals surface area contributed by atoms with E-state index in [0.717, 1.165) is 11.8 Å². The molecule has 104 valence electrons. The fourth-order valence-electron chi connectivity index (χ4n) is 1.30. The van der Waals surface area contributed by atoms with Crippen LogP contribution >= 0.6 is 0 Å². The van der Waals surface area contributed by atoms with Crippen LogP contribution in [0.4, 0.5) is 4.79 Å². The Morgan fingerprint density at radius 3 is 2.39 bits per heavy atom. The molecule has 0 aliphatic carbocycles. The minimum absolute atomic E-state index is 0.0102. The number of hydrogen-bond acceptors (Lipinski definition) is 5. The van der Waals surface area contributed by atoms with Gasteiger partial charge < -0.3 is 9.64 Å². The summed E-state index contributed by atoms with van der Waals surface area (Å²) >= 11 is 0. The quantitative estimate of drug-likeness (QED) is 0.571. The van der Waals surface area contributed by atoms with E-state index in [1.807, 2.05) is 0 Å². The van der Waals surface area contributed by atoms with Gasteiger partial charge in [-0.25, -0.2) is 4.79 Å². The molecule has 7 heteroatoms. The molecule has 1 rings (SSSR count). The van der Waals surface area contributed by atoms with E-state index < -0.39 is 15.7 Å². The summed E-state index contributed by atoms with van der Waals surface area (Å²) in [4.78, 5) is 13.1. The van der Waals surface area contributed by atoms with Crippen molar-refractivity contribution in [3.63, 3.8) is 0 Å². The predicted molar refractivity (Wildman–Crippen MR) is 66.7 cm³/mol. The van der Waals surface area contributed by atoms with E-state index in [-0.39, 0.29) is 12.7 Å². The number of carbonyl (C=O) groups is 1. The number of amides is 1. The zero-order valence-electron chi connectivity index (χ0n) is 11.1. The standard InChI is InChI=1S/C11H19NO5S/c1-11(2,3)17-10(13)12-7-9(8-12)5-6-16-18(4,14)15/h5H,6-8H2,1-4H3. The third kappa shape index (κ3) is 5.50. The van der Waals surface area contributed by atoms with Crippen molar-refractivity contribution in [3.8, 4) is 0 Å². The summed E-state index contributed by atoms with van der Waals surface area (Å²) in [6, 6.07) is 0. The van der Waals surface area contributed by atoms with Crippen molar-refractivity contribution in [2.45, 2.75) is 26.4 Å². The lowest BCUT2D eigenvalue weighted by atomic mass is 10.1. The Balaban J connectivity index is 2.31. The van der Waals surface area contributed by atoms with Gasteiger partial charge in [0.05, 0.1) is 12.9 Å². The van der Waals surface area contributed by atoms with E-state index in [1.54, 1.807) is 26.8 Å². The molecule has 0 radical (unpaired) electrons. The average Bonchev–Trinajstić information content (AvgIpc) is 2.03. The van der Waals surface area contributed by atoms with Crippen LogP contribution in [0.15, 0.2) is 11.6 Å². The summed E-state index contributed by atoms with van der Waals surface area (Å²) in [7, 11) is -3.41. The Bertz CT molecular complexity index is 439. The highest BCUT2D eigenvalue weighted by Crippen LogP contribution is 2.18. The molecule has 0 N–H and O–H groups in total. The van der Waals surface area contributed by atoms with Gasteiger partial charge in [-0.05, 0) is 26.3 Å². The number of rotatable bonds is 3. The summed E-state index contributed by atoms with van der Waals surface area (Å²) < 4.78 is 31.2. The van der Waals surface area contributed by atoms with Crippen molar-refractivity contribution in [2.75, 3.05) is 26.0 Å². The second kappa shape index (κ2) is 5.27. The zero-order chi connectivity index (χ0) is 14.0. The number of likely N-dealkylation sites (tertiary alicyclic amines) is 1. The Morgan fingerprint density at radius 2 is 1.94 bits per heavy atom. The van der Waals surface area contributed by atoms with Crippen LogP contribution in [0.5, 0.6) is 0 Å². The van der Waals surface area contributed by atoms with Crippen LogP contribution in [-0.4, -0.2) is 51.0 Å². The Morgan fingerprint density at radius 1 is 1.39 bits per heavy atom. The fourth-order valence-corrected chi connectivity index (χ4v) is 1.62. The largest absolute Gasteiger partial charge is 0.444 e. The third-order valence-corrected chi connectivity index (χ3v) is 2.66. The van der Waals surface area contributed by atoms with Crippen molar-refractivity contribution in [2.24, 2.45) is 0 Å². The van der Waals surface area contributed by atoms with E-state index in [9.17, 15) is 13.2 Å². The van der Waals surface area contributed by atoms with Crippen molar-refractivity contribution < 1.29 is 22.1 Å². The lowest BCUT2D eigenvalue weighted by molar-refractivity contribution is 0.0213. The molecule has 1 saturated heterocycles. The second-order valence-corrected chi connectivity index (χ2v) is 6.83. The van der Waals surface area contributed by atoms with Crippen LogP contribution in [-0.2, 0) is 19.0 Å². The molecule has 1 fully saturated rings. The Labute approximate surface area is 108 Å². The van der Waals surface area contributed by atoms with Gasteiger partial charge in [0.1, 0.15) is 5.60 Å². The van der Waals surface area contributed by atoms with Crippen molar-refractivity contribution in [1.82, 2.24) is 4.90 Å². The first-order valence-electron chi connectivity index (χ1n) is 5.57. The van der Waals surface area contributed by atoms with Gasteiger partial charge in [-0.15, -0.1) is 0 Å². The minimum atomic E-state index is -3.41. The number of nitrogens with zero attached hydrogens (tertiary/aromatic N) is 1. The average molecular weight is 277 g/mol. The molecule has 6 nitrogen and oxygen atoms in total. The topological polar surface area (TPSA) is 72.9 Å². The van der Waals surface area contributed by atoms with Crippen LogP contribution in [0, 0.1) is 0 Å². The molecule has 1 heterocycles. The summed E-state index contributed by atoms with van der Waals surface area (Å²) in [5.74, 6) is 0. The van der Waals surface area contributed by atoms with Gasteiger partial charge in [0, 0.05) is 13.1 Å². The highest BCUT2D eigenvalue weighted by atomic mass is 32.2. The van der Waals surface area contributed by atoms with Gasteiger partial charge in [0.25, 0.3) is 10.1 Å². The normalized spacial score (nSPS) is 16.2. The first-order chi connectivity index (χ1) is 8.07. The number of hydrogen-bond donors (Lipinski definition) is 0. The van der Waals surface area contributed by atoms with Crippen molar-refractivity contribution in [3.05, 3.63) is 11.6 Å². The highest BCUT2D eigenvalue weighted by Gasteiger charge is 2.29. The molecule has 0 aromatic heterocycles. The van der Waals surface area contributed by atoms with Crippen LogP contribution in [0.2, 0.25) is 0 Å². The van der Waals surface area contributed by atoms with Gasteiger partial charge in [-0.2, -0.15) is 8.42 Å². The molecule has 0 atom stereocenters. The molecule has 18 heavy (non-hydrogen) atoms. The summed E-state index contributed by atoms with van der Waals surface area (Å²) in [5, 5.41) is 0. The first kappa shape index (κ1) is 15.0. The number of carbonyl (C=O) groups excluding carboxylic acids is 1. The molecule has 0 aromatic rings. The summed E-state index contributed by atoms with van der Waals surface area (Å²) in [5.41, 5.74) is 0.458. The maximum absolute atomic E-state index is 11.6. The predicted octanol–water partition coefficient (Wildman–Crippen LogP) is 1.14. The molecule has 1 aliphatic rings. The lowest BCUT2D eigenvalue weighted by Crippen LogP contribution is -2.47. The first-order valence-corrected chi connectivity index (χ1v) is 7.39. The van der Waals surface area contributed by atoms with Crippen molar-refractivity contribution >= 4 is 16.2 Å². The lowest BCUT2D eigenvalue weighted by Gasteiger charge is -2.35. The second-order valence-electron chi connectivity index (χ2n) is 5.19. The molecule has 1 aliphatic heterocycles. The van der Waals surface area contributed by atoms with Crippen LogP contribution < -0.4 is 0 Å². The van der Waals surface area contributed by atoms with Gasteiger partial charge >= 0.3 is 6.09 Å². The molecular formula is C11H19NO5S. The van der Waals surface area contributed by atoms with Crippen molar-refractivity contribution in [1.29, 1.82) is 0 Å². The smallest absolute Gasteiger partial charge is 0.410 e. The highest BCUT2D eigenvalue weighted by molar-refractivity contribution is 7.85. The Hall–Kier alpha value is -1.08. The molecule has 0 bridgehead atoms. The van der Waals surface area contributed by atoms with Crippen LogP contribution in [0.3, 0.4) is 0 Å². The van der Waals surface area contributed by atoms with Gasteiger partial charge in [0.2, 0.25) is 0 Å². The van der Waals surface area contributed by atoms with Gasteiger partial charge in [-0.1, -0.05) is 6.08 Å². The SMILES string of the molecule is CC(C)(C)OC(=O)N1CC(=CCOS(C)(=O)=O)C1. The molecule has 0 aromatic carbocycles. The fraction of sp³-hybridized carbons (Fsp3) is 0.727. The maximum Gasteiger partial charge on any atom is 0.410 e. The molecule has 0 saturated carbocycles. The van der Waals surface area contributed by atoms with E-state index >= 15 is 0 Å². The van der Waals surface area contributed by atoms with E-state index in [1.165, 1.54) is 4.90 Å². The molecular weight excluding hydrogens is 258 g/mol. The van der Waals surface area contributed by atoms with Crippen LogP contribution in [0.1, 0.15) is 20.8 Å². The summed E-state index contributed by atoms with van der Waals surface area (Å²) in [6.45, 7) is 6.35. The zero-order valence-corrected chi connectivity index (χ0v) is 11.9. The minimum Gasteiger partial charge on any atom is -0.444 e. The van der Waals surface area contributed by atoms with Gasteiger partial charge in [-0.3, -0.25) is 4.18 Å². The number of ether oxygens (including phenoxy) is 1. The van der Waals surface area contributed by atoms with Gasteiger partial charge in [0.15, 0.2) is 0 Å². The van der Waals surface area contributed by atoms with E-state index in [2.05, 4.69) is 4.18 Å². The van der Waals surface area contributed by atoms with E-state index in [0.29, 0.717) is 13.1 Å². The third-order valence-electron chi connectivity index (χ3n) is 2.09. The molecule has 1 amide bonds. The summed E-state index contributed by atoms with van der Waals surface area (Å²) in [6.07, 6.45) is 2.31. The molecule has 0 spiro atoms. The Kier molecular flexibility index (Phi) is 4.39. The van der Waals surface area contributed by atoms with Crippen LogP contribution in [0.25, 0.3) is 0 Å².